The number of nitrogens with one attached hydrogen (secondary N) is 1. The fourth-order valence-electron chi connectivity index (χ4n) is 2.84. The van der Waals surface area contributed by atoms with Crippen molar-refractivity contribution in [2.45, 2.75) is 31.7 Å². The van der Waals surface area contributed by atoms with E-state index < -0.39 is 0 Å². The van der Waals surface area contributed by atoms with Crippen molar-refractivity contribution in [2.24, 2.45) is 7.05 Å². The molecule has 0 amide bonds. The number of fused-ring (bicyclic) bond motifs is 1. The Morgan fingerprint density at radius 3 is 3.24 bits per heavy atom. The molecule has 0 spiro atoms. The first-order valence-electron chi connectivity index (χ1n) is 6.46. The van der Waals surface area contributed by atoms with Gasteiger partial charge in [-0.3, -0.25) is 4.98 Å². The summed E-state index contributed by atoms with van der Waals surface area (Å²) in [6, 6.07) is 2.74. The minimum absolute atomic E-state index is 0.648. The molecule has 17 heavy (non-hydrogen) atoms. The Bertz CT molecular complexity index is 509. The lowest BCUT2D eigenvalue weighted by Crippen LogP contribution is -2.35. The minimum atomic E-state index is 0.648. The van der Waals surface area contributed by atoms with Gasteiger partial charge in [0.15, 0.2) is 0 Å². The predicted octanol–water partition coefficient (Wildman–Crippen LogP) is 2.26. The second-order valence-corrected chi connectivity index (χ2v) is 5.01. The van der Waals surface area contributed by atoms with Crippen LogP contribution >= 0.6 is 0 Å². The summed E-state index contributed by atoms with van der Waals surface area (Å²) in [6.45, 7) is 1.17. The first kappa shape index (κ1) is 10.8. The number of piperidine rings is 1. The van der Waals surface area contributed by atoms with Crippen LogP contribution in [-0.2, 0) is 13.5 Å². The van der Waals surface area contributed by atoms with Crippen LogP contribution in [0.2, 0.25) is 0 Å². The van der Waals surface area contributed by atoms with Crippen molar-refractivity contribution in [1.29, 1.82) is 0 Å². The molecule has 3 rings (SSSR count). The zero-order valence-corrected chi connectivity index (χ0v) is 10.3. The van der Waals surface area contributed by atoms with Gasteiger partial charge < -0.3 is 9.88 Å². The largest absolute Gasteiger partial charge is 0.350 e. The number of hydrogen-bond acceptors (Lipinski definition) is 2. The first-order valence-corrected chi connectivity index (χ1v) is 6.46. The lowest BCUT2D eigenvalue weighted by molar-refractivity contribution is 0.400. The lowest BCUT2D eigenvalue weighted by Gasteiger charge is -2.23. The van der Waals surface area contributed by atoms with Crippen LogP contribution in [0.25, 0.3) is 10.9 Å². The summed E-state index contributed by atoms with van der Waals surface area (Å²) in [5.41, 5.74) is 2.71. The number of nitrogens with zero attached hydrogens (tertiary/aromatic N) is 2. The fourth-order valence-corrected chi connectivity index (χ4v) is 2.84. The van der Waals surface area contributed by atoms with Crippen LogP contribution in [0, 0.1) is 0 Å². The molecule has 0 aromatic carbocycles. The lowest BCUT2D eigenvalue weighted by atomic mass is 9.98. The van der Waals surface area contributed by atoms with Gasteiger partial charge in [-0.05, 0) is 37.4 Å². The van der Waals surface area contributed by atoms with E-state index in [0.29, 0.717) is 6.04 Å². The van der Waals surface area contributed by atoms with E-state index in [1.165, 1.54) is 42.3 Å². The van der Waals surface area contributed by atoms with Gasteiger partial charge in [0.1, 0.15) is 0 Å². The van der Waals surface area contributed by atoms with Crippen molar-refractivity contribution in [3.05, 3.63) is 30.2 Å². The molecule has 0 bridgehead atoms. The van der Waals surface area contributed by atoms with E-state index in [1.807, 2.05) is 12.4 Å². The zero-order valence-electron chi connectivity index (χ0n) is 10.3. The molecule has 1 atom stereocenters. The zero-order chi connectivity index (χ0) is 11.7. The summed E-state index contributed by atoms with van der Waals surface area (Å²) < 4.78 is 2.20. The van der Waals surface area contributed by atoms with Gasteiger partial charge in [-0.1, -0.05) is 6.42 Å². The molecule has 3 nitrogen and oxygen atoms in total. The van der Waals surface area contributed by atoms with Crippen LogP contribution in [-0.4, -0.2) is 22.1 Å². The summed E-state index contributed by atoms with van der Waals surface area (Å²) >= 11 is 0. The first-order chi connectivity index (χ1) is 8.34. The molecular formula is C14H19N3. The molecule has 1 N–H and O–H groups in total. The third kappa shape index (κ3) is 2.07. The third-order valence-electron chi connectivity index (χ3n) is 3.75. The Hall–Kier alpha value is -1.35. The highest BCUT2D eigenvalue weighted by Gasteiger charge is 2.15. The monoisotopic (exact) mass is 229 g/mol. The van der Waals surface area contributed by atoms with Gasteiger partial charge in [-0.25, -0.2) is 0 Å². The molecule has 3 heteroatoms. The van der Waals surface area contributed by atoms with E-state index in [1.54, 1.807) is 0 Å². The van der Waals surface area contributed by atoms with Gasteiger partial charge in [0, 0.05) is 37.1 Å². The van der Waals surface area contributed by atoms with Crippen molar-refractivity contribution >= 4 is 10.9 Å². The third-order valence-corrected chi connectivity index (χ3v) is 3.75. The summed E-state index contributed by atoms with van der Waals surface area (Å²) in [5, 5.41) is 4.92. The van der Waals surface area contributed by atoms with Gasteiger partial charge in [0.25, 0.3) is 0 Å². The normalized spacial score (nSPS) is 20.9. The Morgan fingerprint density at radius 1 is 1.47 bits per heavy atom. The number of pyridine rings is 1. The van der Waals surface area contributed by atoms with Gasteiger partial charge in [-0.2, -0.15) is 0 Å². The number of aryl methyl sites for hydroxylation is 1. The predicted molar refractivity (Wildman–Crippen MR) is 70.1 cm³/mol. The Balaban J connectivity index is 1.89. The maximum atomic E-state index is 4.25. The quantitative estimate of drug-likeness (QED) is 0.856. The highest BCUT2D eigenvalue weighted by molar-refractivity contribution is 5.82. The van der Waals surface area contributed by atoms with E-state index in [0.717, 1.165) is 6.42 Å². The molecule has 2 aromatic heterocycles. The minimum Gasteiger partial charge on any atom is -0.350 e. The Labute approximate surface area is 102 Å². The maximum absolute atomic E-state index is 4.25. The number of hydrogen-bond donors (Lipinski definition) is 1. The molecule has 90 valence electrons. The summed E-state index contributed by atoms with van der Waals surface area (Å²) in [4.78, 5) is 4.25. The molecular weight excluding hydrogens is 210 g/mol. The Morgan fingerprint density at radius 2 is 2.41 bits per heavy atom. The maximum Gasteiger partial charge on any atom is 0.0511 e. The van der Waals surface area contributed by atoms with Crippen LogP contribution < -0.4 is 5.32 Å². The molecule has 1 aliphatic heterocycles. The number of rotatable bonds is 2. The summed E-state index contributed by atoms with van der Waals surface area (Å²) in [5.74, 6) is 0. The highest BCUT2D eigenvalue weighted by Crippen LogP contribution is 2.22. The fraction of sp³-hybridized carbons (Fsp3) is 0.500. The van der Waals surface area contributed by atoms with E-state index >= 15 is 0 Å². The SMILES string of the molecule is Cn1cc(CC2CCCCN2)c2cnccc21. The van der Waals surface area contributed by atoms with E-state index in [-0.39, 0.29) is 0 Å². The van der Waals surface area contributed by atoms with Crippen LogP contribution in [0.4, 0.5) is 0 Å². The topological polar surface area (TPSA) is 29.9 Å². The van der Waals surface area contributed by atoms with Crippen LogP contribution in [0.3, 0.4) is 0 Å². The van der Waals surface area contributed by atoms with Crippen molar-refractivity contribution in [2.75, 3.05) is 6.54 Å². The van der Waals surface area contributed by atoms with E-state index in [4.69, 9.17) is 0 Å². The van der Waals surface area contributed by atoms with Crippen LogP contribution in [0.5, 0.6) is 0 Å². The van der Waals surface area contributed by atoms with Crippen molar-refractivity contribution < 1.29 is 0 Å². The van der Waals surface area contributed by atoms with E-state index in [2.05, 4.69) is 34.2 Å². The molecule has 2 aromatic rings. The van der Waals surface area contributed by atoms with Gasteiger partial charge in [0.2, 0.25) is 0 Å². The Kier molecular flexibility index (Phi) is 2.85. The average Bonchev–Trinajstić information content (AvgIpc) is 2.69. The van der Waals surface area contributed by atoms with Crippen molar-refractivity contribution in [3.63, 3.8) is 0 Å². The molecule has 0 saturated carbocycles. The smallest absolute Gasteiger partial charge is 0.0511 e. The van der Waals surface area contributed by atoms with Crippen molar-refractivity contribution in [1.82, 2.24) is 14.9 Å². The average molecular weight is 229 g/mol. The molecule has 1 unspecified atom stereocenters. The summed E-state index contributed by atoms with van der Waals surface area (Å²) in [7, 11) is 2.11. The molecule has 1 aliphatic rings. The molecule has 3 heterocycles. The van der Waals surface area contributed by atoms with Crippen LogP contribution in [0.1, 0.15) is 24.8 Å². The molecule has 1 fully saturated rings. The van der Waals surface area contributed by atoms with Gasteiger partial charge in [-0.15, -0.1) is 0 Å². The number of aromatic nitrogens is 2. The molecule has 1 saturated heterocycles. The molecule has 0 radical (unpaired) electrons. The second-order valence-electron chi connectivity index (χ2n) is 5.01. The summed E-state index contributed by atoms with van der Waals surface area (Å²) in [6.07, 6.45) is 11.2. The van der Waals surface area contributed by atoms with Gasteiger partial charge >= 0.3 is 0 Å². The van der Waals surface area contributed by atoms with E-state index in [9.17, 15) is 0 Å². The van der Waals surface area contributed by atoms with Crippen LogP contribution in [0.15, 0.2) is 24.7 Å². The van der Waals surface area contributed by atoms with Crippen molar-refractivity contribution in [3.8, 4) is 0 Å². The second kappa shape index (κ2) is 4.49. The standard InChI is InChI=1S/C14H19N3/c1-17-10-11(8-12-4-2-3-6-16-12)13-9-15-7-5-14(13)17/h5,7,9-10,12,16H,2-4,6,8H2,1H3. The molecule has 0 aliphatic carbocycles. The highest BCUT2D eigenvalue weighted by atomic mass is 14.9. The van der Waals surface area contributed by atoms with Gasteiger partial charge in [0.05, 0.1) is 5.52 Å².